The van der Waals surface area contributed by atoms with Crippen LogP contribution in [0.2, 0.25) is 5.02 Å². The average Bonchev–Trinajstić information content (AvgIpc) is 2.38. The second kappa shape index (κ2) is 6.57. The standard InChI is InChI=1S/C15H14BrClFNO/c1-19-15(10-5-11(16)8-12(17)6-10)9-3-4-14(20-2)13(18)7-9/h3-8,15,19H,1-2H3. The van der Waals surface area contributed by atoms with E-state index >= 15 is 0 Å². The smallest absolute Gasteiger partial charge is 0.165 e. The highest BCUT2D eigenvalue weighted by Crippen LogP contribution is 2.29. The van der Waals surface area contributed by atoms with Crippen LogP contribution in [0.4, 0.5) is 4.39 Å². The zero-order valence-corrected chi connectivity index (χ0v) is 13.4. The van der Waals surface area contributed by atoms with E-state index in [-0.39, 0.29) is 17.6 Å². The molecule has 0 fully saturated rings. The SMILES string of the molecule is CNC(c1cc(Cl)cc(Br)c1)c1ccc(OC)c(F)c1. The van der Waals surface area contributed by atoms with E-state index in [2.05, 4.69) is 21.2 Å². The lowest BCUT2D eigenvalue weighted by atomic mass is 9.98. The molecule has 2 rings (SSSR count). The fraction of sp³-hybridized carbons (Fsp3) is 0.200. The highest BCUT2D eigenvalue weighted by Gasteiger charge is 2.15. The molecule has 0 aromatic heterocycles. The molecule has 5 heteroatoms. The Labute approximate surface area is 131 Å². The molecule has 106 valence electrons. The fourth-order valence-corrected chi connectivity index (χ4v) is 3.02. The van der Waals surface area contributed by atoms with Gasteiger partial charge in [0.15, 0.2) is 11.6 Å². The quantitative estimate of drug-likeness (QED) is 0.865. The number of nitrogens with one attached hydrogen (secondary N) is 1. The van der Waals surface area contributed by atoms with Gasteiger partial charge in [0.2, 0.25) is 0 Å². The molecule has 1 unspecified atom stereocenters. The Hall–Kier alpha value is -1.10. The van der Waals surface area contributed by atoms with Gasteiger partial charge in [-0.25, -0.2) is 4.39 Å². The second-order valence-electron chi connectivity index (χ2n) is 4.32. The topological polar surface area (TPSA) is 21.3 Å². The van der Waals surface area contributed by atoms with E-state index in [1.807, 2.05) is 31.3 Å². The van der Waals surface area contributed by atoms with Crippen LogP contribution in [-0.2, 0) is 0 Å². The molecule has 20 heavy (non-hydrogen) atoms. The molecule has 2 aromatic rings. The van der Waals surface area contributed by atoms with E-state index in [4.69, 9.17) is 16.3 Å². The van der Waals surface area contributed by atoms with Gasteiger partial charge in [0, 0.05) is 9.50 Å². The van der Waals surface area contributed by atoms with Crippen LogP contribution < -0.4 is 10.1 Å². The van der Waals surface area contributed by atoms with Crippen molar-refractivity contribution in [2.75, 3.05) is 14.2 Å². The van der Waals surface area contributed by atoms with Crippen LogP contribution in [0.15, 0.2) is 40.9 Å². The molecule has 0 radical (unpaired) electrons. The summed E-state index contributed by atoms with van der Waals surface area (Å²) < 4.78 is 19.7. The zero-order valence-electron chi connectivity index (χ0n) is 11.1. The summed E-state index contributed by atoms with van der Waals surface area (Å²) in [6.07, 6.45) is 0. The van der Waals surface area contributed by atoms with Gasteiger partial charge >= 0.3 is 0 Å². The lowest BCUT2D eigenvalue weighted by Crippen LogP contribution is -2.18. The molecule has 0 amide bonds. The van der Waals surface area contributed by atoms with Crippen molar-refractivity contribution in [3.63, 3.8) is 0 Å². The summed E-state index contributed by atoms with van der Waals surface area (Å²) in [4.78, 5) is 0. The van der Waals surface area contributed by atoms with Crippen molar-refractivity contribution in [1.29, 1.82) is 0 Å². The van der Waals surface area contributed by atoms with E-state index in [1.165, 1.54) is 13.2 Å². The first-order valence-corrected chi connectivity index (χ1v) is 7.19. The summed E-state index contributed by atoms with van der Waals surface area (Å²) in [7, 11) is 3.27. The minimum atomic E-state index is -0.383. The first kappa shape index (κ1) is 15.3. The maximum Gasteiger partial charge on any atom is 0.165 e. The van der Waals surface area contributed by atoms with Gasteiger partial charge in [-0.1, -0.05) is 33.6 Å². The summed E-state index contributed by atoms with van der Waals surface area (Å²) in [5, 5.41) is 3.80. The Kier molecular flexibility index (Phi) is 5.02. The lowest BCUT2D eigenvalue weighted by Gasteiger charge is -2.18. The van der Waals surface area contributed by atoms with Gasteiger partial charge in [0.25, 0.3) is 0 Å². The molecule has 0 spiro atoms. The number of methoxy groups -OCH3 is 1. The number of ether oxygens (including phenoxy) is 1. The van der Waals surface area contributed by atoms with Gasteiger partial charge in [-0.15, -0.1) is 0 Å². The van der Waals surface area contributed by atoms with Crippen molar-refractivity contribution in [3.8, 4) is 5.75 Å². The van der Waals surface area contributed by atoms with Crippen LogP contribution >= 0.6 is 27.5 Å². The Morgan fingerprint density at radius 3 is 2.50 bits per heavy atom. The van der Waals surface area contributed by atoms with E-state index < -0.39 is 0 Å². The molecule has 1 N–H and O–H groups in total. The minimum absolute atomic E-state index is 0.148. The molecular weight excluding hydrogens is 345 g/mol. The van der Waals surface area contributed by atoms with E-state index in [1.54, 1.807) is 6.07 Å². The maximum atomic E-state index is 13.8. The Balaban J connectivity index is 2.44. The van der Waals surface area contributed by atoms with Crippen molar-refractivity contribution < 1.29 is 9.13 Å². The third kappa shape index (κ3) is 3.32. The van der Waals surface area contributed by atoms with Crippen LogP contribution in [-0.4, -0.2) is 14.2 Å². The zero-order chi connectivity index (χ0) is 14.7. The van der Waals surface area contributed by atoms with Crippen molar-refractivity contribution in [1.82, 2.24) is 5.32 Å². The molecular formula is C15H14BrClFNO. The Morgan fingerprint density at radius 2 is 1.95 bits per heavy atom. The van der Waals surface area contributed by atoms with Crippen molar-refractivity contribution >= 4 is 27.5 Å². The van der Waals surface area contributed by atoms with Crippen molar-refractivity contribution in [2.24, 2.45) is 0 Å². The minimum Gasteiger partial charge on any atom is -0.494 e. The largest absolute Gasteiger partial charge is 0.494 e. The molecule has 0 bridgehead atoms. The number of halogens is 3. The summed E-state index contributed by atoms with van der Waals surface area (Å²) >= 11 is 9.48. The lowest BCUT2D eigenvalue weighted by molar-refractivity contribution is 0.386. The Bertz CT molecular complexity index is 601. The molecule has 2 aromatic carbocycles. The number of hydrogen-bond acceptors (Lipinski definition) is 2. The maximum absolute atomic E-state index is 13.8. The van der Waals surface area contributed by atoms with Crippen LogP contribution in [0.1, 0.15) is 17.2 Å². The van der Waals surface area contributed by atoms with Crippen LogP contribution in [0, 0.1) is 5.82 Å². The molecule has 0 heterocycles. The van der Waals surface area contributed by atoms with E-state index in [0.29, 0.717) is 5.02 Å². The number of hydrogen-bond donors (Lipinski definition) is 1. The number of benzene rings is 2. The molecule has 0 aliphatic heterocycles. The third-order valence-corrected chi connectivity index (χ3v) is 3.69. The second-order valence-corrected chi connectivity index (χ2v) is 5.67. The molecule has 1 atom stereocenters. The summed E-state index contributed by atoms with van der Waals surface area (Å²) in [6, 6.07) is 10.4. The summed E-state index contributed by atoms with van der Waals surface area (Å²) in [5.74, 6) is -0.151. The summed E-state index contributed by atoms with van der Waals surface area (Å²) in [5.41, 5.74) is 1.76. The van der Waals surface area contributed by atoms with E-state index in [9.17, 15) is 4.39 Å². The van der Waals surface area contributed by atoms with Gasteiger partial charge in [-0.3, -0.25) is 0 Å². The Morgan fingerprint density at radius 1 is 1.20 bits per heavy atom. The molecule has 2 nitrogen and oxygen atoms in total. The molecule has 0 aliphatic carbocycles. The van der Waals surface area contributed by atoms with Gasteiger partial charge in [-0.05, 0) is 48.5 Å². The molecule has 0 saturated carbocycles. The van der Waals surface area contributed by atoms with Gasteiger partial charge in [-0.2, -0.15) is 0 Å². The predicted octanol–water partition coefficient (Wildman–Crippen LogP) is 4.56. The average molecular weight is 359 g/mol. The molecule has 0 aliphatic rings. The normalized spacial score (nSPS) is 12.2. The summed E-state index contributed by atoms with van der Waals surface area (Å²) in [6.45, 7) is 0. The van der Waals surface area contributed by atoms with Crippen LogP contribution in [0.25, 0.3) is 0 Å². The van der Waals surface area contributed by atoms with Gasteiger partial charge in [0.05, 0.1) is 13.2 Å². The van der Waals surface area contributed by atoms with Gasteiger partial charge < -0.3 is 10.1 Å². The van der Waals surface area contributed by atoms with Crippen molar-refractivity contribution in [2.45, 2.75) is 6.04 Å². The first-order valence-electron chi connectivity index (χ1n) is 6.02. The van der Waals surface area contributed by atoms with Gasteiger partial charge in [0.1, 0.15) is 0 Å². The number of rotatable bonds is 4. The highest BCUT2D eigenvalue weighted by atomic mass is 79.9. The predicted molar refractivity (Wildman–Crippen MR) is 83.0 cm³/mol. The monoisotopic (exact) mass is 357 g/mol. The van der Waals surface area contributed by atoms with Crippen molar-refractivity contribution in [3.05, 3.63) is 62.8 Å². The molecule has 0 saturated heterocycles. The van der Waals surface area contributed by atoms with Crippen LogP contribution in [0.5, 0.6) is 5.75 Å². The first-order chi connectivity index (χ1) is 9.55. The van der Waals surface area contributed by atoms with E-state index in [0.717, 1.165) is 15.6 Å². The highest BCUT2D eigenvalue weighted by molar-refractivity contribution is 9.10. The van der Waals surface area contributed by atoms with Crippen LogP contribution in [0.3, 0.4) is 0 Å². The fourth-order valence-electron chi connectivity index (χ4n) is 2.13. The third-order valence-electron chi connectivity index (χ3n) is 3.02.